The van der Waals surface area contributed by atoms with Gasteiger partial charge in [-0.3, -0.25) is 9.59 Å². The average Bonchev–Trinajstić information content (AvgIpc) is 2.69. The maximum absolute atomic E-state index is 12.2. The largest absolute Gasteiger partial charge is 0.351 e. The zero-order chi connectivity index (χ0) is 15.6. The summed E-state index contributed by atoms with van der Waals surface area (Å²) in [6.07, 6.45) is 0.302. The fraction of sp³-hybridized carbons (Fsp3) is 0.500. The van der Waals surface area contributed by atoms with Crippen molar-refractivity contribution >= 4 is 27.7 Å². The van der Waals surface area contributed by atoms with Gasteiger partial charge in [0.05, 0.1) is 5.92 Å². The van der Waals surface area contributed by atoms with Crippen molar-refractivity contribution in [3.63, 3.8) is 0 Å². The lowest BCUT2D eigenvalue weighted by Gasteiger charge is -2.23. The first-order valence-corrected chi connectivity index (χ1v) is 7.88. The van der Waals surface area contributed by atoms with Crippen molar-refractivity contribution in [3.05, 3.63) is 34.3 Å². The molecule has 0 bridgehead atoms. The van der Waals surface area contributed by atoms with Crippen molar-refractivity contribution in [2.75, 3.05) is 6.54 Å². The molecule has 1 aliphatic heterocycles. The van der Waals surface area contributed by atoms with E-state index in [-0.39, 0.29) is 23.3 Å². The van der Waals surface area contributed by atoms with Crippen LogP contribution in [0.15, 0.2) is 28.7 Å². The molecule has 114 valence electrons. The molecule has 1 aromatic rings. The van der Waals surface area contributed by atoms with E-state index in [0.29, 0.717) is 19.5 Å². The Hall–Kier alpha value is -1.36. The number of hydrogen-bond acceptors (Lipinski definition) is 2. The van der Waals surface area contributed by atoms with Crippen molar-refractivity contribution < 1.29 is 9.59 Å². The molecule has 1 fully saturated rings. The van der Waals surface area contributed by atoms with Gasteiger partial charge in [-0.2, -0.15) is 0 Å². The number of nitrogens with one attached hydrogen (secondary N) is 1. The second kappa shape index (κ2) is 6.18. The lowest BCUT2D eigenvalue weighted by atomic mass is 10.0. The molecular weight excluding hydrogens is 332 g/mol. The van der Waals surface area contributed by atoms with Crippen molar-refractivity contribution in [1.82, 2.24) is 10.2 Å². The van der Waals surface area contributed by atoms with Crippen LogP contribution in [-0.2, 0) is 16.1 Å². The zero-order valence-electron chi connectivity index (χ0n) is 12.6. The maximum atomic E-state index is 12.2. The van der Waals surface area contributed by atoms with Gasteiger partial charge in [0.25, 0.3) is 0 Å². The Bertz CT molecular complexity index is 551. The van der Waals surface area contributed by atoms with Crippen LogP contribution in [0.4, 0.5) is 0 Å². The fourth-order valence-electron chi connectivity index (χ4n) is 2.43. The first-order chi connectivity index (χ1) is 9.74. The first-order valence-electron chi connectivity index (χ1n) is 7.09. The van der Waals surface area contributed by atoms with Crippen molar-refractivity contribution in [1.29, 1.82) is 0 Å². The molecule has 1 saturated heterocycles. The van der Waals surface area contributed by atoms with E-state index >= 15 is 0 Å². The fourth-order valence-corrected chi connectivity index (χ4v) is 2.87. The highest BCUT2D eigenvalue weighted by Gasteiger charge is 2.35. The quantitative estimate of drug-likeness (QED) is 0.908. The topological polar surface area (TPSA) is 49.4 Å². The van der Waals surface area contributed by atoms with E-state index in [1.165, 1.54) is 0 Å². The third kappa shape index (κ3) is 4.56. The molecule has 0 radical (unpaired) electrons. The highest BCUT2D eigenvalue weighted by Crippen LogP contribution is 2.22. The summed E-state index contributed by atoms with van der Waals surface area (Å²) in [6.45, 7) is 6.88. The third-order valence-corrected chi connectivity index (χ3v) is 3.84. The predicted octanol–water partition coefficient (Wildman–Crippen LogP) is 2.71. The molecule has 0 spiro atoms. The molecule has 1 aromatic carbocycles. The highest BCUT2D eigenvalue weighted by atomic mass is 79.9. The van der Waals surface area contributed by atoms with Crippen LogP contribution in [-0.4, -0.2) is 28.8 Å². The standard InChI is InChI=1S/C16H21BrN2O2/c1-16(2,3)18-15(21)12-8-14(20)19(10-12)9-11-5-4-6-13(17)7-11/h4-7,12H,8-10H2,1-3H3,(H,18,21)/t12-/m1/s1. The van der Waals surface area contributed by atoms with Crippen LogP contribution in [0.25, 0.3) is 0 Å². The summed E-state index contributed by atoms with van der Waals surface area (Å²) in [7, 11) is 0. The van der Waals surface area contributed by atoms with Gasteiger partial charge in [0.1, 0.15) is 0 Å². The average molecular weight is 353 g/mol. The maximum Gasteiger partial charge on any atom is 0.225 e. The van der Waals surface area contributed by atoms with Gasteiger partial charge in [-0.15, -0.1) is 0 Å². The van der Waals surface area contributed by atoms with Gasteiger partial charge in [-0.05, 0) is 38.5 Å². The lowest BCUT2D eigenvalue weighted by molar-refractivity contribution is -0.129. The van der Waals surface area contributed by atoms with E-state index in [2.05, 4.69) is 21.2 Å². The molecule has 1 heterocycles. The first kappa shape index (κ1) is 16.0. The van der Waals surface area contributed by atoms with Gasteiger partial charge in [0.15, 0.2) is 0 Å². The molecule has 2 amide bonds. The molecule has 1 atom stereocenters. The molecule has 4 nitrogen and oxygen atoms in total. The van der Waals surface area contributed by atoms with E-state index in [1.54, 1.807) is 4.90 Å². The van der Waals surface area contributed by atoms with Gasteiger partial charge in [0, 0.05) is 29.5 Å². The van der Waals surface area contributed by atoms with Crippen LogP contribution in [0, 0.1) is 5.92 Å². The number of halogens is 1. The van der Waals surface area contributed by atoms with E-state index < -0.39 is 0 Å². The third-order valence-electron chi connectivity index (χ3n) is 3.35. The van der Waals surface area contributed by atoms with Crippen LogP contribution in [0.3, 0.4) is 0 Å². The second-order valence-electron chi connectivity index (χ2n) is 6.54. The molecule has 0 aliphatic carbocycles. The zero-order valence-corrected chi connectivity index (χ0v) is 14.2. The summed E-state index contributed by atoms with van der Waals surface area (Å²) in [5, 5.41) is 2.95. The summed E-state index contributed by atoms with van der Waals surface area (Å²) in [5.41, 5.74) is 0.798. The van der Waals surface area contributed by atoms with Crippen LogP contribution in [0.1, 0.15) is 32.8 Å². The van der Waals surface area contributed by atoms with E-state index in [9.17, 15) is 9.59 Å². The minimum Gasteiger partial charge on any atom is -0.351 e. The number of likely N-dealkylation sites (tertiary alicyclic amines) is 1. The van der Waals surface area contributed by atoms with E-state index in [4.69, 9.17) is 0 Å². The molecule has 1 aliphatic rings. The van der Waals surface area contributed by atoms with Gasteiger partial charge >= 0.3 is 0 Å². The second-order valence-corrected chi connectivity index (χ2v) is 7.46. The van der Waals surface area contributed by atoms with Gasteiger partial charge in [0.2, 0.25) is 11.8 Å². The summed E-state index contributed by atoms with van der Waals surface area (Å²) < 4.78 is 0.994. The summed E-state index contributed by atoms with van der Waals surface area (Å²) in [5.74, 6) is -0.236. The molecular formula is C16H21BrN2O2. The van der Waals surface area contributed by atoms with Crippen molar-refractivity contribution in [3.8, 4) is 0 Å². The number of rotatable bonds is 3. The van der Waals surface area contributed by atoms with Crippen molar-refractivity contribution in [2.24, 2.45) is 5.92 Å². The number of carbonyl (C=O) groups excluding carboxylic acids is 2. The Labute approximate surface area is 134 Å². The summed E-state index contributed by atoms with van der Waals surface area (Å²) >= 11 is 3.43. The number of hydrogen-bond donors (Lipinski definition) is 1. The van der Waals surface area contributed by atoms with E-state index in [1.807, 2.05) is 45.0 Å². The molecule has 5 heteroatoms. The van der Waals surface area contributed by atoms with E-state index in [0.717, 1.165) is 10.0 Å². The molecule has 0 unspecified atom stereocenters. The van der Waals surface area contributed by atoms with Crippen molar-refractivity contribution in [2.45, 2.75) is 39.3 Å². The normalized spacial score (nSPS) is 19.0. The molecule has 0 saturated carbocycles. The molecule has 1 N–H and O–H groups in total. The SMILES string of the molecule is CC(C)(C)NC(=O)[C@@H]1CC(=O)N(Cc2cccc(Br)c2)C1. The van der Waals surface area contributed by atoms with Crippen LogP contribution >= 0.6 is 15.9 Å². The monoisotopic (exact) mass is 352 g/mol. The minimum atomic E-state index is -0.266. The number of carbonyl (C=O) groups is 2. The number of nitrogens with zero attached hydrogens (tertiary/aromatic N) is 1. The van der Waals surface area contributed by atoms with Gasteiger partial charge in [-0.1, -0.05) is 28.1 Å². The van der Waals surface area contributed by atoms with Gasteiger partial charge in [-0.25, -0.2) is 0 Å². The summed E-state index contributed by atoms with van der Waals surface area (Å²) in [6, 6.07) is 7.88. The molecule has 2 rings (SSSR count). The Morgan fingerprint density at radius 1 is 1.43 bits per heavy atom. The van der Waals surface area contributed by atoms with Crippen LogP contribution in [0.2, 0.25) is 0 Å². The molecule has 0 aromatic heterocycles. The highest BCUT2D eigenvalue weighted by molar-refractivity contribution is 9.10. The minimum absolute atomic E-state index is 0.0346. The molecule has 21 heavy (non-hydrogen) atoms. The Morgan fingerprint density at radius 3 is 2.76 bits per heavy atom. The van der Waals surface area contributed by atoms with Gasteiger partial charge < -0.3 is 10.2 Å². The summed E-state index contributed by atoms with van der Waals surface area (Å²) in [4.78, 5) is 26.0. The van der Waals surface area contributed by atoms with Crippen LogP contribution < -0.4 is 5.32 Å². The lowest BCUT2D eigenvalue weighted by Crippen LogP contribution is -2.44. The Balaban J connectivity index is 1.98. The predicted molar refractivity (Wildman–Crippen MR) is 85.6 cm³/mol. The smallest absolute Gasteiger partial charge is 0.225 e. The Kier molecular flexibility index (Phi) is 4.71. The van der Waals surface area contributed by atoms with Crippen LogP contribution in [0.5, 0.6) is 0 Å². The Morgan fingerprint density at radius 2 is 2.14 bits per heavy atom. The number of amides is 2. The number of benzene rings is 1.